The zero-order valence-electron chi connectivity index (χ0n) is 12.7. The fraction of sp³-hybridized carbons (Fsp3) is 0.100. The summed E-state index contributed by atoms with van der Waals surface area (Å²) >= 11 is 4.49. The monoisotopic (exact) mass is 542 g/mol. The Labute approximate surface area is 168 Å². The molecular weight excluding hydrogens is 526 g/mol. The van der Waals surface area contributed by atoms with Crippen molar-refractivity contribution in [2.24, 2.45) is 0 Å². The molecule has 2 N–H and O–H groups in total. The molecule has 0 saturated carbocycles. The first-order chi connectivity index (χ1) is 11.5. The van der Waals surface area contributed by atoms with Gasteiger partial charge in [0.1, 0.15) is 12.2 Å². The third kappa shape index (κ3) is 4.17. The molecule has 2 nitrogen and oxygen atoms in total. The molecule has 0 spiro atoms. The average molecular weight is 542 g/mol. The minimum absolute atomic E-state index is 0.661. The van der Waals surface area contributed by atoms with E-state index in [1.807, 2.05) is 72.8 Å². The second-order valence-corrected chi connectivity index (χ2v) is 8.07. The molecule has 122 valence electrons. The molecular formula is C20H16I2O2. The minimum atomic E-state index is -0.661. The zero-order chi connectivity index (χ0) is 17.1. The van der Waals surface area contributed by atoms with Crippen LogP contribution in [0, 0.1) is 7.14 Å². The molecule has 4 heteroatoms. The Balaban J connectivity index is 1.79. The Morgan fingerprint density at radius 1 is 0.458 bits per heavy atom. The molecule has 3 rings (SSSR count). The number of halogens is 2. The smallest absolute Gasteiger partial charge is 0.104 e. The maximum absolute atomic E-state index is 10.5. The summed E-state index contributed by atoms with van der Waals surface area (Å²) in [6.45, 7) is 0. The van der Waals surface area contributed by atoms with Crippen LogP contribution in [0.25, 0.3) is 0 Å². The summed E-state index contributed by atoms with van der Waals surface area (Å²) < 4.78 is 2.28. The van der Waals surface area contributed by atoms with Crippen LogP contribution in [-0.4, -0.2) is 10.2 Å². The maximum atomic E-state index is 10.5. The van der Waals surface area contributed by atoms with Crippen molar-refractivity contribution >= 4 is 45.2 Å². The molecule has 0 saturated heterocycles. The van der Waals surface area contributed by atoms with Crippen molar-refractivity contribution in [3.63, 3.8) is 0 Å². The summed E-state index contributed by atoms with van der Waals surface area (Å²) in [5, 5.41) is 21.0. The van der Waals surface area contributed by atoms with E-state index in [0.29, 0.717) is 0 Å². The second kappa shape index (κ2) is 7.95. The summed E-state index contributed by atoms with van der Waals surface area (Å²) in [6.07, 6.45) is -1.32. The van der Waals surface area contributed by atoms with Crippen LogP contribution >= 0.6 is 45.2 Å². The highest BCUT2D eigenvalue weighted by molar-refractivity contribution is 14.1. The molecule has 0 aliphatic rings. The Kier molecular flexibility index (Phi) is 5.91. The summed E-state index contributed by atoms with van der Waals surface area (Å²) in [5.41, 5.74) is 3.35. The van der Waals surface area contributed by atoms with E-state index in [0.717, 1.165) is 29.4 Å². The van der Waals surface area contributed by atoms with E-state index < -0.39 is 12.2 Å². The minimum Gasteiger partial charge on any atom is -0.384 e. The van der Waals surface area contributed by atoms with E-state index in [-0.39, 0.29) is 0 Å². The van der Waals surface area contributed by atoms with E-state index >= 15 is 0 Å². The highest BCUT2D eigenvalue weighted by atomic mass is 127. The Bertz CT molecular complexity index is 726. The topological polar surface area (TPSA) is 40.5 Å². The SMILES string of the molecule is OC(c1ccc(I)cc1)c1ccc(C(O)c2ccc(I)cc2)cc1. The van der Waals surface area contributed by atoms with Gasteiger partial charge in [-0.25, -0.2) is 0 Å². The van der Waals surface area contributed by atoms with E-state index in [2.05, 4.69) is 45.2 Å². The molecule has 0 aliphatic heterocycles. The number of aliphatic hydroxyl groups is 2. The number of aliphatic hydroxyl groups excluding tert-OH is 2. The van der Waals surface area contributed by atoms with Crippen molar-refractivity contribution in [1.29, 1.82) is 0 Å². The van der Waals surface area contributed by atoms with Crippen LogP contribution in [0.15, 0.2) is 72.8 Å². The van der Waals surface area contributed by atoms with Crippen molar-refractivity contribution in [1.82, 2.24) is 0 Å². The highest BCUT2D eigenvalue weighted by Crippen LogP contribution is 2.27. The Morgan fingerprint density at radius 2 is 0.667 bits per heavy atom. The van der Waals surface area contributed by atoms with Gasteiger partial charge in [0, 0.05) is 7.14 Å². The lowest BCUT2D eigenvalue weighted by Gasteiger charge is -2.15. The first-order valence-corrected chi connectivity index (χ1v) is 9.67. The third-order valence-electron chi connectivity index (χ3n) is 3.94. The van der Waals surface area contributed by atoms with Crippen LogP contribution in [0.1, 0.15) is 34.5 Å². The molecule has 0 aliphatic carbocycles. The fourth-order valence-corrected chi connectivity index (χ4v) is 3.25. The van der Waals surface area contributed by atoms with Crippen LogP contribution < -0.4 is 0 Å². The lowest BCUT2D eigenvalue weighted by Crippen LogP contribution is -2.02. The lowest BCUT2D eigenvalue weighted by atomic mass is 9.97. The van der Waals surface area contributed by atoms with Crippen LogP contribution in [0.2, 0.25) is 0 Å². The summed E-state index contributed by atoms with van der Waals surface area (Å²) in [5.74, 6) is 0. The Morgan fingerprint density at radius 3 is 0.917 bits per heavy atom. The van der Waals surface area contributed by atoms with Gasteiger partial charge < -0.3 is 10.2 Å². The van der Waals surface area contributed by atoms with E-state index in [9.17, 15) is 10.2 Å². The number of rotatable bonds is 4. The molecule has 2 atom stereocenters. The van der Waals surface area contributed by atoms with Gasteiger partial charge in [0.2, 0.25) is 0 Å². The van der Waals surface area contributed by atoms with Crippen molar-refractivity contribution in [3.8, 4) is 0 Å². The fourth-order valence-electron chi connectivity index (χ4n) is 2.54. The number of benzene rings is 3. The lowest BCUT2D eigenvalue weighted by molar-refractivity contribution is 0.216. The third-order valence-corrected chi connectivity index (χ3v) is 5.38. The van der Waals surface area contributed by atoms with Crippen molar-refractivity contribution in [3.05, 3.63) is 102 Å². The van der Waals surface area contributed by atoms with E-state index in [4.69, 9.17) is 0 Å². The summed E-state index contributed by atoms with van der Waals surface area (Å²) in [7, 11) is 0. The van der Waals surface area contributed by atoms with Gasteiger partial charge >= 0.3 is 0 Å². The zero-order valence-corrected chi connectivity index (χ0v) is 17.0. The molecule has 0 aromatic heterocycles. The number of hydrogen-bond acceptors (Lipinski definition) is 2. The standard InChI is InChI=1S/C20H16I2O2/c21-17-9-5-15(6-10-17)19(23)13-1-2-14(4-3-13)20(24)16-7-11-18(22)12-8-16/h1-12,19-20,23-24H. The van der Waals surface area contributed by atoms with Gasteiger partial charge in [-0.15, -0.1) is 0 Å². The summed E-state index contributed by atoms with van der Waals surface area (Å²) in [6, 6.07) is 23.1. The Hall–Kier alpha value is -0.960. The van der Waals surface area contributed by atoms with E-state index in [1.54, 1.807) is 0 Å². The summed E-state index contributed by atoms with van der Waals surface area (Å²) in [4.78, 5) is 0. The van der Waals surface area contributed by atoms with Crippen LogP contribution in [0.5, 0.6) is 0 Å². The predicted molar refractivity (Wildman–Crippen MR) is 113 cm³/mol. The van der Waals surface area contributed by atoms with Gasteiger partial charge in [-0.3, -0.25) is 0 Å². The molecule has 0 bridgehead atoms. The molecule has 24 heavy (non-hydrogen) atoms. The van der Waals surface area contributed by atoms with Crippen LogP contribution in [0.4, 0.5) is 0 Å². The van der Waals surface area contributed by atoms with Crippen molar-refractivity contribution < 1.29 is 10.2 Å². The predicted octanol–water partition coefficient (Wildman–Crippen LogP) is 5.06. The van der Waals surface area contributed by atoms with Crippen molar-refractivity contribution in [2.75, 3.05) is 0 Å². The number of hydrogen-bond donors (Lipinski definition) is 2. The van der Waals surface area contributed by atoms with Crippen LogP contribution in [-0.2, 0) is 0 Å². The first-order valence-electron chi connectivity index (χ1n) is 7.51. The van der Waals surface area contributed by atoms with Gasteiger partial charge in [-0.1, -0.05) is 48.5 Å². The quantitative estimate of drug-likeness (QED) is 0.453. The molecule has 2 unspecified atom stereocenters. The first kappa shape index (κ1) is 17.8. The van der Waals surface area contributed by atoms with Gasteiger partial charge in [0.15, 0.2) is 0 Å². The van der Waals surface area contributed by atoms with Crippen LogP contribution in [0.3, 0.4) is 0 Å². The van der Waals surface area contributed by atoms with Gasteiger partial charge in [-0.2, -0.15) is 0 Å². The molecule has 0 amide bonds. The van der Waals surface area contributed by atoms with Gasteiger partial charge in [0.25, 0.3) is 0 Å². The highest BCUT2D eigenvalue weighted by Gasteiger charge is 2.13. The molecule has 0 heterocycles. The second-order valence-electron chi connectivity index (χ2n) is 5.57. The molecule has 0 fully saturated rings. The van der Waals surface area contributed by atoms with Gasteiger partial charge in [-0.05, 0) is 91.7 Å². The van der Waals surface area contributed by atoms with Crippen molar-refractivity contribution in [2.45, 2.75) is 12.2 Å². The molecule has 3 aromatic carbocycles. The van der Waals surface area contributed by atoms with Gasteiger partial charge in [0.05, 0.1) is 0 Å². The average Bonchev–Trinajstić information content (AvgIpc) is 2.62. The maximum Gasteiger partial charge on any atom is 0.104 e. The molecule has 0 radical (unpaired) electrons. The van der Waals surface area contributed by atoms with E-state index in [1.165, 1.54) is 0 Å². The molecule has 3 aromatic rings. The normalized spacial score (nSPS) is 13.5. The largest absolute Gasteiger partial charge is 0.384 e.